The molecule has 1 fully saturated rings. The molecule has 3 aromatic carbocycles. The standard InChI is InChI=1S/C31H34F3N3O7S/c1-19(2)16-36(45(41,42)22-10-12-28(43-3)25(34)15-22)17-27(38)26(13-20-7-5-4-6-8-20)35-30(39)29-18-37(31(40)44-29)21-9-11-23(32)24(33)14-21/h4-12,14-15,19,26-27,29,38H,13,16-18H2,1-3H3,(H,35,39)/t26-,27-,29-/m0/s1. The Morgan fingerprint density at radius 1 is 1.04 bits per heavy atom. The second-order valence-corrected chi connectivity index (χ2v) is 12.9. The highest BCUT2D eigenvalue weighted by Gasteiger charge is 2.39. The molecule has 14 heteroatoms. The number of carbonyl (C=O) groups is 2. The lowest BCUT2D eigenvalue weighted by Crippen LogP contribution is -2.53. The van der Waals surface area contributed by atoms with Gasteiger partial charge >= 0.3 is 6.09 Å². The van der Waals surface area contributed by atoms with Gasteiger partial charge < -0.3 is 19.9 Å². The third-order valence-corrected chi connectivity index (χ3v) is 8.96. The summed E-state index contributed by atoms with van der Waals surface area (Å²) in [5.74, 6) is -4.27. The number of hydrogen-bond donors (Lipinski definition) is 2. The van der Waals surface area contributed by atoms with E-state index in [0.29, 0.717) is 5.56 Å². The number of cyclic esters (lactones) is 1. The zero-order valence-electron chi connectivity index (χ0n) is 24.8. The molecule has 0 saturated carbocycles. The van der Waals surface area contributed by atoms with Gasteiger partial charge in [0.2, 0.25) is 10.0 Å². The van der Waals surface area contributed by atoms with E-state index in [0.717, 1.165) is 27.4 Å². The van der Waals surface area contributed by atoms with Crippen LogP contribution in [0.2, 0.25) is 0 Å². The van der Waals surface area contributed by atoms with Crippen LogP contribution in [-0.4, -0.2) is 74.8 Å². The van der Waals surface area contributed by atoms with Gasteiger partial charge in [-0.15, -0.1) is 0 Å². The van der Waals surface area contributed by atoms with Crippen LogP contribution in [0.5, 0.6) is 5.75 Å². The molecule has 0 radical (unpaired) electrons. The second kappa shape index (κ2) is 14.3. The van der Waals surface area contributed by atoms with E-state index >= 15 is 0 Å². The highest BCUT2D eigenvalue weighted by atomic mass is 32.2. The first-order valence-electron chi connectivity index (χ1n) is 14.1. The topological polar surface area (TPSA) is 125 Å². The fraction of sp³-hybridized carbons (Fsp3) is 0.355. The third-order valence-electron chi connectivity index (χ3n) is 7.13. The molecule has 10 nitrogen and oxygen atoms in total. The molecule has 0 spiro atoms. The summed E-state index contributed by atoms with van der Waals surface area (Å²) < 4.78 is 80.0. The summed E-state index contributed by atoms with van der Waals surface area (Å²) in [5, 5.41) is 14.1. The number of aliphatic hydroxyl groups excluding tert-OH is 1. The van der Waals surface area contributed by atoms with Crippen molar-refractivity contribution in [3.05, 3.63) is 89.7 Å². The summed E-state index contributed by atoms with van der Waals surface area (Å²) in [6.45, 7) is 2.75. The predicted octanol–water partition coefficient (Wildman–Crippen LogP) is 3.87. The molecule has 3 aromatic rings. The van der Waals surface area contributed by atoms with Gasteiger partial charge in [-0.05, 0) is 48.2 Å². The van der Waals surface area contributed by atoms with Gasteiger partial charge in [0.15, 0.2) is 29.3 Å². The molecule has 1 heterocycles. The van der Waals surface area contributed by atoms with Gasteiger partial charge in [0, 0.05) is 19.2 Å². The zero-order valence-corrected chi connectivity index (χ0v) is 25.6. The molecular formula is C31H34F3N3O7S. The fourth-order valence-electron chi connectivity index (χ4n) is 4.86. The Morgan fingerprint density at radius 2 is 1.76 bits per heavy atom. The first-order valence-corrected chi connectivity index (χ1v) is 15.5. The van der Waals surface area contributed by atoms with Crippen molar-refractivity contribution in [2.24, 2.45) is 5.92 Å². The average molecular weight is 650 g/mol. The van der Waals surface area contributed by atoms with Gasteiger partial charge in [0.1, 0.15) is 0 Å². The Kier molecular flexibility index (Phi) is 10.7. The Morgan fingerprint density at radius 3 is 2.38 bits per heavy atom. The number of benzene rings is 3. The van der Waals surface area contributed by atoms with Crippen LogP contribution in [0.25, 0.3) is 0 Å². The van der Waals surface area contributed by atoms with Crippen molar-refractivity contribution in [1.29, 1.82) is 0 Å². The molecule has 0 bridgehead atoms. The van der Waals surface area contributed by atoms with E-state index in [1.54, 1.807) is 44.2 Å². The second-order valence-electron chi connectivity index (χ2n) is 11.0. The lowest BCUT2D eigenvalue weighted by Gasteiger charge is -2.31. The fourth-order valence-corrected chi connectivity index (χ4v) is 6.49. The molecule has 0 unspecified atom stereocenters. The summed E-state index contributed by atoms with van der Waals surface area (Å²) in [6.07, 6.45) is -3.71. The van der Waals surface area contributed by atoms with Gasteiger partial charge in [0.25, 0.3) is 5.91 Å². The molecule has 1 aliphatic rings. The normalized spacial score (nSPS) is 16.5. The third kappa shape index (κ3) is 8.12. The van der Waals surface area contributed by atoms with E-state index < -0.39 is 64.3 Å². The summed E-state index contributed by atoms with van der Waals surface area (Å²) in [4.78, 5) is 26.5. The van der Waals surface area contributed by atoms with Crippen molar-refractivity contribution in [3.63, 3.8) is 0 Å². The van der Waals surface area contributed by atoms with E-state index in [1.807, 2.05) is 0 Å². The van der Waals surface area contributed by atoms with Crippen LogP contribution in [0, 0.1) is 23.4 Å². The summed E-state index contributed by atoms with van der Waals surface area (Å²) in [7, 11) is -3.06. The number of nitrogens with zero attached hydrogens (tertiary/aromatic N) is 2. The number of nitrogens with one attached hydrogen (secondary N) is 1. The number of aliphatic hydroxyl groups is 1. The van der Waals surface area contributed by atoms with Crippen LogP contribution in [0.4, 0.5) is 23.7 Å². The van der Waals surface area contributed by atoms with Crippen molar-refractivity contribution in [2.45, 2.75) is 43.4 Å². The van der Waals surface area contributed by atoms with Crippen molar-refractivity contribution < 1.29 is 45.8 Å². The molecule has 0 aromatic heterocycles. The van der Waals surface area contributed by atoms with Crippen LogP contribution in [0.3, 0.4) is 0 Å². The molecule has 0 aliphatic carbocycles. The molecule has 2 amide bonds. The van der Waals surface area contributed by atoms with Crippen molar-refractivity contribution in [1.82, 2.24) is 9.62 Å². The lowest BCUT2D eigenvalue weighted by molar-refractivity contribution is -0.129. The quantitative estimate of drug-likeness (QED) is 0.288. The van der Waals surface area contributed by atoms with E-state index in [2.05, 4.69) is 5.32 Å². The minimum absolute atomic E-state index is 0.0143. The smallest absolute Gasteiger partial charge is 0.415 e. The van der Waals surface area contributed by atoms with Crippen molar-refractivity contribution >= 4 is 27.7 Å². The van der Waals surface area contributed by atoms with Gasteiger partial charge in [-0.25, -0.2) is 26.4 Å². The molecule has 1 aliphatic heterocycles. The summed E-state index contributed by atoms with van der Waals surface area (Å²) >= 11 is 0. The van der Waals surface area contributed by atoms with Crippen LogP contribution >= 0.6 is 0 Å². The minimum Gasteiger partial charge on any atom is -0.494 e. The number of ether oxygens (including phenoxy) is 2. The molecule has 45 heavy (non-hydrogen) atoms. The molecule has 4 rings (SSSR count). The van der Waals surface area contributed by atoms with Crippen LogP contribution in [0.15, 0.2) is 71.6 Å². The van der Waals surface area contributed by atoms with E-state index in [4.69, 9.17) is 9.47 Å². The zero-order chi connectivity index (χ0) is 32.9. The molecule has 3 atom stereocenters. The number of carbonyl (C=O) groups excluding carboxylic acids is 2. The number of anilines is 1. The largest absolute Gasteiger partial charge is 0.494 e. The lowest BCUT2D eigenvalue weighted by atomic mass is 10.0. The number of hydrogen-bond acceptors (Lipinski definition) is 7. The Labute approximate surface area is 259 Å². The van der Waals surface area contributed by atoms with E-state index in [-0.39, 0.29) is 41.8 Å². The highest BCUT2D eigenvalue weighted by Crippen LogP contribution is 2.26. The predicted molar refractivity (Wildman–Crippen MR) is 159 cm³/mol. The number of amides is 2. The van der Waals surface area contributed by atoms with E-state index in [1.165, 1.54) is 25.3 Å². The summed E-state index contributed by atoms with van der Waals surface area (Å²) in [6, 6.07) is 13.8. The number of methoxy groups -OCH3 is 1. The summed E-state index contributed by atoms with van der Waals surface area (Å²) in [5.41, 5.74) is 0.698. The van der Waals surface area contributed by atoms with Crippen LogP contribution in [0.1, 0.15) is 19.4 Å². The molecule has 242 valence electrons. The highest BCUT2D eigenvalue weighted by molar-refractivity contribution is 7.89. The number of rotatable bonds is 13. The van der Waals surface area contributed by atoms with Gasteiger partial charge in [-0.3, -0.25) is 9.69 Å². The first kappa shape index (κ1) is 33.7. The Balaban J connectivity index is 1.56. The maximum absolute atomic E-state index is 14.5. The Bertz CT molecular complexity index is 1630. The molecule has 1 saturated heterocycles. The van der Waals surface area contributed by atoms with Crippen molar-refractivity contribution in [3.8, 4) is 5.75 Å². The van der Waals surface area contributed by atoms with Crippen LogP contribution < -0.4 is 15.0 Å². The first-order chi connectivity index (χ1) is 21.3. The molecule has 2 N–H and O–H groups in total. The van der Waals surface area contributed by atoms with Gasteiger partial charge in [-0.1, -0.05) is 44.2 Å². The maximum atomic E-state index is 14.5. The van der Waals surface area contributed by atoms with Gasteiger partial charge in [-0.2, -0.15) is 4.31 Å². The van der Waals surface area contributed by atoms with E-state index in [9.17, 15) is 36.3 Å². The maximum Gasteiger partial charge on any atom is 0.415 e. The SMILES string of the molecule is COc1ccc(S(=O)(=O)N(CC(C)C)C[C@H](O)[C@H](Cc2ccccc2)NC(=O)[C@@H]2CN(c3ccc(F)c(F)c3)C(=O)O2)cc1F. The van der Waals surface area contributed by atoms with Gasteiger partial charge in [0.05, 0.1) is 36.4 Å². The number of sulfonamides is 1. The molecular weight excluding hydrogens is 615 g/mol. The van der Waals surface area contributed by atoms with Crippen LogP contribution in [-0.2, 0) is 26.0 Å². The Hall–Kier alpha value is -4.14. The monoisotopic (exact) mass is 649 g/mol. The van der Waals surface area contributed by atoms with Crippen molar-refractivity contribution in [2.75, 3.05) is 31.6 Å². The minimum atomic E-state index is -4.31. The average Bonchev–Trinajstić information content (AvgIpc) is 3.39. The number of halogens is 3.